The molecule has 16 heavy (non-hydrogen) atoms. The van der Waals surface area contributed by atoms with Crippen molar-refractivity contribution >= 4 is 0 Å². The summed E-state index contributed by atoms with van der Waals surface area (Å²) in [6.07, 6.45) is 3.69. The first-order chi connectivity index (χ1) is 7.83. The Morgan fingerprint density at radius 1 is 1.69 bits per heavy atom. The largest absolute Gasteiger partial charge is 0.381 e. The zero-order chi connectivity index (χ0) is 11.4. The SMILES string of the molecule is COC1CCN(Cc2ncon2)C(CN)C1. The summed E-state index contributed by atoms with van der Waals surface area (Å²) in [7, 11) is 1.76. The van der Waals surface area contributed by atoms with Crippen molar-refractivity contribution in [2.24, 2.45) is 5.73 Å². The fourth-order valence-electron chi connectivity index (χ4n) is 2.17. The third kappa shape index (κ3) is 2.58. The van der Waals surface area contributed by atoms with Gasteiger partial charge in [0.2, 0.25) is 6.39 Å². The predicted molar refractivity (Wildman–Crippen MR) is 57.6 cm³/mol. The van der Waals surface area contributed by atoms with Crippen LogP contribution in [0.1, 0.15) is 18.7 Å². The van der Waals surface area contributed by atoms with Gasteiger partial charge in [-0.2, -0.15) is 4.98 Å². The van der Waals surface area contributed by atoms with Crippen molar-refractivity contribution in [1.82, 2.24) is 15.0 Å². The van der Waals surface area contributed by atoms with Crippen LogP contribution in [0.3, 0.4) is 0 Å². The second kappa shape index (κ2) is 5.38. The first kappa shape index (κ1) is 11.5. The predicted octanol–water partition coefficient (Wildman–Crippen LogP) is 0.00770. The van der Waals surface area contributed by atoms with Gasteiger partial charge in [-0.05, 0) is 12.8 Å². The number of aromatic nitrogens is 2. The zero-order valence-corrected chi connectivity index (χ0v) is 9.50. The van der Waals surface area contributed by atoms with Crippen LogP contribution >= 0.6 is 0 Å². The third-order valence-corrected chi connectivity index (χ3v) is 3.15. The molecule has 0 amide bonds. The molecule has 0 spiro atoms. The normalized spacial score (nSPS) is 27.1. The second-order valence-corrected chi connectivity index (χ2v) is 4.09. The van der Waals surface area contributed by atoms with Gasteiger partial charge >= 0.3 is 0 Å². The van der Waals surface area contributed by atoms with E-state index in [4.69, 9.17) is 15.0 Å². The van der Waals surface area contributed by atoms with Crippen LogP contribution in [0.4, 0.5) is 0 Å². The van der Waals surface area contributed by atoms with E-state index in [1.165, 1.54) is 6.39 Å². The minimum atomic E-state index is 0.329. The van der Waals surface area contributed by atoms with E-state index in [1.807, 2.05) is 0 Å². The molecule has 1 aliphatic rings. The molecule has 90 valence electrons. The third-order valence-electron chi connectivity index (χ3n) is 3.15. The number of likely N-dealkylation sites (tertiary alicyclic amines) is 1. The van der Waals surface area contributed by atoms with E-state index in [0.29, 0.717) is 31.1 Å². The van der Waals surface area contributed by atoms with Gasteiger partial charge < -0.3 is 15.0 Å². The molecule has 0 radical (unpaired) electrons. The molecule has 2 heterocycles. The standard InChI is InChI=1S/C10H18N4O2/c1-15-9-2-3-14(8(4-9)5-11)6-10-12-7-16-13-10/h7-9H,2-6,11H2,1H3. The van der Waals surface area contributed by atoms with E-state index in [9.17, 15) is 0 Å². The molecule has 2 unspecified atom stereocenters. The molecule has 1 fully saturated rings. The summed E-state index contributed by atoms with van der Waals surface area (Å²) in [6, 6.07) is 0.345. The molecule has 2 atom stereocenters. The van der Waals surface area contributed by atoms with Crippen molar-refractivity contribution in [3.8, 4) is 0 Å². The molecule has 0 bridgehead atoms. The van der Waals surface area contributed by atoms with Crippen LogP contribution in [-0.4, -0.2) is 47.4 Å². The Kier molecular flexibility index (Phi) is 3.87. The molecule has 0 saturated carbocycles. The molecule has 6 heteroatoms. The minimum Gasteiger partial charge on any atom is -0.381 e. The highest BCUT2D eigenvalue weighted by Gasteiger charge is 2.28. The maximum absolute atomic E-state index is 5.78. The molecule has 0 aliphatic carbocycles. The van der Waals surface area contributed by atoms with E-state index in [1.54, 1.807) is 7.11 Å². The van der Waals surface area contributed by atoms with Gasteiger partial charge in [0.25, 0.3) is 0 Å². The van der Waals surface area contributed by atoms with Gasteiger partial charge in [-0.15, -0.1) is 0 Å². The second-order valence-electron chi connectivity index (χ2n) is 4.09. The number of ether oxygens (including phenoxy) is 1. The fraction of sp³-hybridized carbons (Fsp3) is 0.800. The Bertz CT molecular complexity index is 304. The van der Waals surface area contributed by atoms with Crippen molar-refractivity contribution < 1.29 is 9.26 Å². The van der Waals surface area contributed by atoms with Gasteiger partial charge in [-0.1, -0.05) is 5.16 Å². The lowest BCUT2D eigenvalue weighted by Gasteiger charge is -2.37. The first-order valence-electron chi connectivity index (χ1n) is 5.55. The van der Waals surface area contributed by atoms with Crippen LogP contribution in [0.5, 0.6) is 0 Å². The van der Waals surface area contributed by atoms with Crippen LogP contribution in [0.25, 0.3) is 0 Å². The molecule has 0 aromatic carbocycles. The van der Waals surface area contributed by atoms with Crippen molar-refractivity contribution in [2.75, 3.05) is 20.2 Å². The molecular formula is C10H18N4O2. The van der Waals surface area contributed by atoms with E-state index < -0.39 is 0 Å². The van der Waals surface area contributed by atoms with Gasteiger partial charge in [-0.25, -0.2) is 0 Å². The van der Waals surface area contributed by atoms with E-state index >= 15 is 0 Å². The lowest BCUT2D eigenvalue weighted by molar-refractivity contribution is 0.00910. The molecule has 6 nitrogen and oxygen atoms in total. The van der Waals surface area contributed by atoms with Crippen molar-refractivity contribution in [1.29, 1.82) is 0 Å². The maximum Gasteiger partial charge on any atom is 0.213 e. The fourth-order valence-corrected chi connectivity index (χ4v) is 2.17. The number of hydrogen-bond donors (Lipinski definition) is 1. The van der Waals surface area contributed by atoms with Crippen LogP contribution < -0.4 is 5.73 Å². The summed E-state index contributed by atoms with van der Waals surface area (Å²) >= 11 is 0. The van der Waals surface area contributed by atoms with Gasteiger partial charge in [0.15, 0.2) is 5.82 Å². The lowest BCUT2D eigenvalue weighted by atomic mass is 9.99. The number of nitrogens with zero attached hydrogens (tertiary/aromatic N) is 3. The molecular weight excluding hydrogens is 208 g/mol. The summed E-state index contributed by atoms with van der Waals surface area (Å²) in [6.45, 7) is 2.31. The zero-order valence-electron chi connectivity index (χ0n) is 9.50. The Morgan fingerprint density at radius 2 is 2.56 bits per heavy atom. The first-order valence-corrected chi connectivity index (χ1v) is 5.55. The average Bonchev–Trinajstić information content (AvgIpc) is 2.82. The Hall–Kier alpha value is -0.980. The summed E-state index contributed by atoms with van der Waals surface area (Å²) in [5, 5.41) is 3.82. The Balaban J connectivity index is 1.93. The van der Waals surface area contributed by atoms with Gasteiger partial charge in [0.1, 0.15) is 0 Å². The summed E-state index contributed by atoms with van der Waals surface area (Å²) in [4.78, 5) is 6.32. The quantitative estimate of drug-likeness (QED) is 0.779. The maximum atomic E-state index is 5.78. The highest BCUT2D eigenvalue weighted by Crippen LogP contribution is 2.20. The van der Waals surface area contributed by atoms with E-state index in [2.05, 4.69) is 15.0 Å². The number of hydrogen-bond acceptors (Lipinski definition) is 6. The highest BCUT2D eigenvalue weighted by atomic mass is 16.5. The number of rotatable bonds is 4. The van der Waals surface area contributed by atoms with Crippen molar-refractivity contribution in [3.05, 3.63) is 12.2 Å². The Labute approximate surface area is 94.7 Å². The number of methoxy groups -OCH3 is 1. The molecule has 1 saturated heterocycles. The molecule has 1 aliphatic heterocycles. The lowest BCUT2D eigenvalue weighted by Crippen LogP contribution is -2.48. The Morgan fingerprint density at radius 3 is 3.19 bits per heavy atom. The summed E-state index contributed by atoms with van der Waals surface area (Å²) in [5.41, 5.74) is 5.78. The molecule has 2 rings (SSSR count). The van der Waals surface area contributed by atoms with Crippen LogP contribution in [-0.2, 0) is 11.3 Å². The number of piperidine rings is 1. The van der Waals surface area contributed by atoms with Crippen LogP contribution in [0.15, 0.2) is 10.9 Å². The summed E-state index contributed by atoms with van der Waals surface area (Å²) in [5.74, 6) is 0.717. The van der Waals surface area contributed by atoms with Gasteiger partial charge in [-0.3, -0.25) is 4.90 Å². The molecule has 2 N–H and O–H groups in total. The smallest absolute Gasteiger partial charge is 0.213 e. The molecule has 1 aromatic rings. The van der Waals surface area contributed by atoms with Crippen LogP contribution in [0.2, 0.25) is 0 Å². The number of nitrogens with two attached hydrogens (primary N) is 1. The van der Waals surface area contributed by atoms with Crippen LogP contribution in [0, 0.1) is 0 Å². The summed E-state index contributed by atoms with van der Waals surface area (Å²) < 4.78 is 10.1. The average molecular weight is 226 g/mol. The van der Waals surface area contributed by atoms with Crippen molar-refractivity contribution in [2.45, 2.75) is 31.5 Å². The highest BCUT2D eigenvalue weighted by molar-refractivity contribution is 4.87. The van der Waals surface area contributed by atoms with E-state index in [-0.39, 0.29) is 0 Å². The van der Waals surface area contributed by atoms with Crippen molar-refractivity contribution in [3.63, 3.8) is 0 Å². The minimum absolute atomic E-state index is 0.329. The monoisotopic (exact) mass is 226 g/mol. The molecule has 1 aromatic heterocycles. The van der Waals surface area contributed by atoms with Gasteiger partial charge in [0, 0.05) is 26.2 Å². The van der Waals surface area contributed by atoms with Gasteiger partial charge in [0.05, 0.1) is 12.6 Å². The topological polar surface area (TPSA) is 77.4 Å². The van der Waals surface area contributed by atoms with E-state index in [0.717, 1.165) is 19.4 Å².